The minimum Gasteiger partial charge on any atom is -0.461 e. The molecule has 0 amide bonds. The molecule has 0 aliphatic heterocycles. The average molecular weight is 525 g/mol. The van der Waals surface area contributed by atoms with Crippen LogP contribution in [0.4, 0.5) is 0 Å². The predicted molar refractivity (Wildman–Crippen MR) is 136 cm³/mol. The summed E-state index contributed by atoms with van der Waals surface area (Å²) >= 11 is 3.24. The minimum atomic E-state index is -0.299. The highest BCUT2D eigenvalue weighted by Gasteiger charge is 2.56. The van der Waals surface area contributed by atoms with Gasteiger partial charge in [-0.05, 0) is 97.6 Å². The van der Waals surface area contributed by atoms with Gasteiger partial charge >= 0.3 is 11.9 Å². The number of rotatable bonds is 5. The normalized spacial score (nSPS) is 29.5. The van der Waals surface area contributed by atoms with Gasteiger partial charge in [0.1, 0.15) is 17.2 Å². The second kappa shape index (κ2) is 9.49. The summed E-state index contributed by atoms with van der Waals surface area (Å²) in [7, 11) is 0. The number of alkyl halides is 1. The molecule has 0 unspecified atom stereocenters. The van der Waals surface area contributed by atoms with Crippen LogP contribution in [0.3, 0.4) is 0 Å². The summed E-state index contributed by atoms with van der Waals surface area (Å²) in [6, 6.07) is 13.6. The minimum absolute atomic E-state index is 0.0378. The smallest absolute Gasteiger partial charge is 0.343 e. The fourth-order valence-corrected chi connectivity index (χ4v) is 7.22. The second-order valence-electron chi connectivity index (χ2n) is 10.4. The van der Waals surface area contributed by atoms with Crippen molar-refractivity contribution < 1.29 is 19.1 Å². The average Bonchev–Trinajstić information content (AvgIpc) is 3.19. The molecule has 3 aliphatic rings. The van der Waals surface area contributed by atoms with Gasteiger partial charge < -0.3 is 9.47 Å². The van der Waals surface area contributed by atoms with E-state index in [9.17, 15) is 9.59 Å². The zero-order valence-electron chi connectivity index (χ0n) is 20.0. The Morgan fingerprint density at radius 2 is 1.88 bits per heavy atom. The molecule has 3 aliphatic carbocycles. The van der Waals surface area contributed by atoms with Crippen LogP contribution in [0, 0.1) is 17.3 Å². The Balaban J connectivity index is 1.39. The molecule has 0 heterocycles. The van der Waals surface area contributed by atoms with Crippen LogP contribution in [0.5, 0.6) is 5.75 Å². The first kappa shape index (κ1) is 23.6. The van der Waals surface area contributed by atoms with Gasteiger partial charge in [0.2, 0.25) is 0 Å². The largest absolute Gasteiger partial charge is 0.461 e. The van der Waals surface area contributed by atoms with Crippen molar-refractivity contribution in [3.05, 3.63) is 64.7 Å². The standard InChI is InChI=1S/C29H33BrO4/c1-3-18-15-23-20(16-25(18)33-28(32)19-7-5-4-6-8-19)9-10-22-21(23)13-14-29(2)24(22)11-12-26(29)34-27(31)17-30/h4-8,15-16,21-22,24,26H,3,9-14,17H2,1-2H3/t21-,22+,24-,26-,29-/m0/s1. The molecule has 0 radical (unpaired) electrons. The van der Waals surface area contributed by atoms with Gasteiger partial charge in [-0.25, -0.2) is 4.79 Å². The lowest BCUT2D eigenvalue weighted by Gasteiger charge is -2.50. The molecule has 2 saturated carbocycles. The number of esters is 2. The Labute approximate surface area is 210 Å². The molecule has 2 aromatic rings. The highest BCUT2D eigenvalue weighted by Crippen LogP contribution is 2.61. The van der Waals surface area contributed by atoms with Gasteiger partial charge in [-0.15, -0.1) is 0 Å². The third-order valence-electron chi connectivity index (χ3n) is 8.79. The SMILES string of the molecule is CCc1cc2c(cc1OC(=O)c1ccccc1)CC[C@@H]1[C@@H]2CC[C@]2(C)[C@@H](OC(=O)CBr)CC[C@@H]12. The number of carbonyl (C=O) groups excluding carboxylic acids is 2. The molecule has 34 heavy (non-hydrogen) atoms. The van der Waals surface area contributed by atoms with Gasteiger partial charge in [-0.1, -0.05) is 54.0 Å². The van der Waals surface area contributed by atoms with Crippen LogP contribution in [0.1, 0.15) is 78.9 Å². The van der Waals surface area contributed by atoms with Crippen molar-refractivity contribution in [2.75, 3.05) is 5.33 Å². The van der Waals surface area contributed by atoms with Crippen molar-refractivity contribution in [3.63, 3.8) is 0 Å². The lowest BCUT2D eigenvalue weighted by molar-refractivity contribution is -0.154. The first-order valence-corrected chi connectivity index (χ1v) is 13.7. The number of hydrogen-bond acceptors (Lipinski definition) is 4. The zero-order chi connectivity index (χ0) is 23.9. The maximum Gasteiger partial charge on any atom is 0.343 e. The number of fused-ring (bicyclic) bond motifs is 5. The van der Waals surface area contributed by atoms with Gasteiger partial charge in [-0.2, -0.15) is 0 Å². The molecule has 2 aromatic carbocycles. The van der Waals surface area contributed by atoms with Crippen LogP contribution >= 0.6 is 15.9 Å². The van der Waals surface area contributed by atoms with E-state index in [0.29, 0.717) is 29.1 Å². The van der Waals surface area contributed by atoms with Crippen molar-refractivity contribution in [2.24, 2.45) is 17.3 Å². The van der Waals surface area contributed by atoms with Crippen LogP contribution in [0.2, 0.25) is 0 Å². The molecule has 0 bridgehead atoms. The van der Waals surface area contributed by atoms with Crippen molar-refractivity contribution in [1.29, 1.82) is 0 Å². The zero-order valence-corrected chi connectivity index (χ0v) is 21.6. The van der Waals surface area contributed by atoms with Crippen LogP contribution in [-0.2, 0) is 22.4 Å². The van der Waals surface area contributed by atoms with E-state index >= 15 is 0 Å². The topological polar surface area (TPSA) is 52.6 Å². The monoisotopic (exact) mass is 524 g/mol. The van der Waals surface area contributed by atoms with E-state index in [1.807, 2.05) is 18.2 Å². The first-order valence-electron chi connectivity index (χ1n) is 12.6. The maximum absolute atomic E-state index is 12.7. The van der Waals surface area contributed by atoms with Gasteiger partial charge in [0.25, 0.3) is 0 Å². The molecule has 180 valence electrons. The van der Waals surface area contributed by atoms with Gasteiger partial charge in [-0.3, -0.25) is 4.79 Å². The molecular weight excluding hydrogens is 492 g/mol. The van der Waals surface area contributed by atoms with Gasteiger partial charge in [0.05, 0.1) is 5.56 Å². The summed E-state index contributed by atoms with van der Waals surface area (Å²) < 4.78 is 11.8. The van der Waals surface area contributed by atoms with E-state index < -0.39 is 0 Å². The van der Waals surface area contributed by atoms with E-state index in [2.05, 4.69) is 41.9 Å². The lowest BCUT2D eigenvalue weighted by Crippen LogP contribution is -2.45. The highest BCUT2D eigenvalue weighted by atomic mass is 79.9. The molecule has 4 nitrogen and oxygen atoms in total. The first-order chi connectivity index (χ1) is 16.4. The van der Waals surface area contributed by atoms with E-state index in [1.165, 1.54) is 11.1 Å². The third-order valence-corrected chi connectivity index (χ3v) is 9.25. The Hall–Kier alpha value is -2.14. The molecule has 0 spiro atoms. The quantitative estimate of drug-likeness (QED) is 0.250. The summed E-state index contributed by atoms with van der Waals surface area (Å²) in [4.78, 5) is 24.7. The van der Waals surface area contributed by atoms with E-state index in [0.717, 1.165) is 50.5 Å². The number of ether oxygens (including phenoxy) is 2. The fourth-order valence-electron chi connectivity index (χ4n) is 7.09. The van der Waals surface area contributed by atoms with Crippen LogP contribution in [0.15, 0.2) is 42.5 Å². The number of halogens is 1. The van der Waals surface area contributed by atoms with Crippen molar-refractivity contribution >= 4 is 27.9 Å². The molecule has 2 fully saturated rings. The second-order valence-corrected chi connectivity index (χ2v) is 11.0. The maximum atomic E-state index is 12.7. The number of hydrogen-bond donors (Lipinski definition) is 0. The highest BCUT2D eigenvalue weighted by molar-refractivity contribution is 9.09. The summed E-state index contributed by atoms with van der Waals surface area (Å²) in [5, 5.41) is 0.265. The van der Waals surface area contributed by atoms with E-state index in [-0.39, 0.29) is 28.8 Å². The van der Waals surface area contributed by atoms with Crippen LogP contribution in [-0.4, -0.2) is 23.4 Å². The lowest BCUT2D eigenvalue weighted by atomic mass is 9.55. The Bertz CT molecular complexity index is 1080. The molecule has 0 aromatic heterocycles. The Morgan fingerprint density at radius 1 is 1.09 bits per heavy atom. The summed E-state index contributed by atoms with van der Waals surface area (Å²) in [6.45, 7) is 4.48. The summed E-state index contributed by atoms with van der Waals surface area (Å²) in [6.07, 6.45) is 7.35. The molecular formula is C29H33BrO4. The number of benzene rings is 2. The van der Waals surface area contributed by atoms with Gasteiger partial charge in [0, 0.05) is 5.41 Å². The third kappa shape index (κ3) is 4.10. The predicted octanol–water partition coefficient (Wildman–Crippen LogP) is 6.63. The number of carbonyl (C=O) groups is 2. The van der Waals surface area contributed by atoms with E-state index in [4.69, 9.17) is 9.47 Å². The molecule has 5 atom stereocenters. The summed E-state index contributed by atoms with van der Waals surface area (Å²) in [5.41, 5.74) is 4.54. The number of aryl methyl sites for hydroxylation is 2. The summed E-state index contributed by atoms with van der Waals surface area (Å²) in [5.74, 6) is 2.02. The molecule has 0 N–H and O–H groups in total. The van der Waals surface area contributed by atoms with E-state index in [1.54, 1.807) is 12.1 Å². The van der Waals surface area contributed by atoms with Crippen LogP contribution in [0.25, 0.3) is 0 Å². The van der Waals surface area contributed by atoms with Crippen LogP contribution < -0.4 is 4.74 Å². The fraction of sp³-hybridized carbons (Fsp3) is 0.517. The van der Waals surface area contributed by atoms with Gasteiger partial charge in [0.15, 0.2) is 0 Å². The Morgan fingerprint density at radius 3 is 2.62 bits per heavy atom. The van der Waals surface area contributed by atoms with Crippen molar-refractivity contribution in [2.45, 2.75) is 70.8 Å². The Kier molecular flexibility index (Phi) is 6.58. The van der Waals surface area contributed by atoms with Crippen molar-refractivity contribution in [3.8, 4) is 5.75 Å². The van der Waals surface area contributed by atoms with Crippen molar-refractivity contribution in [1.82, 2.24) is 0 Å². The molecule has 5 heteroatoms. The molecule has 0 saturated heterocycles. The molecule has 5 rings (SSSR count).